The Labute approximate surface area is 209 Å². The molecule has 2 N–H and O–H groups in total. The van der Waals surface area contributed by atoms with Gasteiger partial charge in [-0.1, -0.05) is 12.1 Å². The van der Waals surface area contributed by atoms with Crippen molar-refractivity contribution in [2.45, 2.75) is 32.4 Å². The maximum absolute atomic E-state index is 14.6. The number of benzene rings is 1. The van der Waals surface area contributed by atoms with Crippen LogP contribution in [0.4, 0.5) is 35.1 Å². The molecule has 14 heteroatoms. The highest BCUT2D eigenvalue weighted by Crippen LogP contribution is 2.30. The normalized spacial score (nSPS) is 17.9. The van der Waals surface area contributed by atoms with E-state index in [1.807, 2.05) is 18.7 Å². The SMILES string of the molecule is CNC(=O)c1nnc(Nc2nc(N3C[C@@H](C)O[C@@H](C)C3)ncc2F)cc1-c1ccc(OC(F)(F)F)cc1. The van der Waals surface area contributed by atoms with Gasteiger partial charge in [-0.15, -0.1) is 23.4 Å². The molecule has 2 aromatic heterocycles. The van der Waals surface area contributed by atoms with E-state index in [4.69, 9.17) is 4.74 Å². The van der Waals surface area contributed by atoms with Gasteiger partial charge in [0.05, 0.1) is 18.4 Å². The van der Waals surface area contributed by atoms with Crippen LogP contribution >= 0.6 is 0 Å². The lowest BCUT2D eigenvalue weighted by atomic mass is 10.0. The van der Waals surface area contributed by atoms with Crippen LogP contribution in [0.1, 0.15) is 24.3 Å². The van der Waals surface area contributed by atoms with E-state index >= 15 is 0 Å². The lowest BCUT2D eigenvalue weighted by Gasteiger charge is -2.35. The molecule has 196 valence electrons. The third-order valence-corrected chi connectivity index (χ3v) is 5.32. The van der Waals surface area contributed by atoms with Crippen molar-refractivity contribution in [3.8, 4) is 16.9 Å². The molecule has 0 spiro atoms. The second-order valence-electron chi connectivity index (χ2n) is 8.30. The third-order valence-electron chi connectivity index (χ3n) is 5.32. The molecule has 1 aliphatic rings. The number of alkyl halides is 3. The van der Waals surface area contributed by atoms with Gasteiger partial charge in [-0.3, -0.25) is 4.79 Å². The number of amides is 1. The molecule has 3 heterocycles. The van der Waals surface area contributed by atoms with E-state index in [-0.39, 0.29) is 35.1 Å². The first-order valence-electron chi connectivity index (χ1n) is 11.2. The fraction of sp³-hybridized carbons (Fsp3) is 0.348. The van der Waals surface area contributed by atoms with E-state index in [9.17, 15) is 22.4 Å². The number of ether oxygens (including phenoxy) is 2. The molecule has 10 nitrogen and oxygen atoms in total. The van der Waals surface area contributed by atoms with Crippen molar-refractivity contribution in [3.63, 3.8) is 0 Å². The molecule has 4 rings (SSSR count). The summed E-state index contributed by atoms with van der Waals surface area (Å²) in [6, 6.07) is 6.28. The number of hydrogen-bond donors (Lipinski definition) is 2. The number of carbonyl (C=O) groups excluding carboxylic acids is 1. The average molecular weight is 521 g/mol. The summed E-state index contributed by atoms with van der Waals surface area (Å²) in [5.41, 5.74) is 0.504. The van der Waals surface area contributed by atoms with Crippen LogP contribution in [-0.4, -0.2) is 64.8 Å². The van der Waals surface area contributed by atoms with Crippen LogP contribution in [0.25, 0.3) is 11.1 Å². The van der Waals surface area contributed by atoms with Crippen molar-refractivity contribution >= 4 is 23.5 Å². The topological polar surface area (TPSA) is 114 Å². The molecule has 2 atom stereocenters. The number of nitrogens with zero attached hydrogens (tertiary/aromatic N) is 5. The lowest BCUT2D eigenvalue weighted by molar-refractivity contribution is -0.274. The second-order valence-corrected chi connectivity index (χ2v) is 8.30. The standard InChI is InChI=1S/C23H23F4N7O3/c1-12-10-34(11-13(2)36-12)22-29-9-17(24)20(31-22)30-18-8-16(19(33-32-18)21(35)28-3)14-4-6-15(7-5-14)37-23(25,26)27/h4-9,12-13H,10-11H2,1-3H3,(H,28,35)(H,29,30,31,32)/t12-,13+. The molecule has 1 saturated heterocycles. The van der Waals surface area contributed by atoms with Crippen molar-refractivity contribution in [2.24, 2.45) is 0 Å². The van der Waals surface area contributed by atoms with Crippen molar-refractivity contribution in [3.05, 3.63) is 48.0 Å². The van der Waals surface area contributed by atoms with Gasteiger partial charge in [0, 0.05) is 25.7 Å². The summed E-state index contributed by atoms with van der Waals surface area (Å²) < 4.78 is 61.7. The monoisotopic (exact) mass is 521 g/mol. The molecule has 1 aliphatic heterocycles. The van der Waals surface area contributed by atoms with E-state index in [1.165, 1.54) is 25.2 Å². The largest absolute Gasteiger partial charge is 0.573 e. The molecule has 1 fully saturated rings. The van der Waals surface area contributed by atoms with Gasteiger partial charge in [0.15, 0.2) is 23.1 Å². The number of nitrogens with one attached hydrogen (secondary N) is 2. The van der Waals surface area contributed by atoms with E-state index in [2.05, 4.69) is 35.5 Å². The van der Waals surface area contributed by atoms with Crippen LogP contribution in [0.15, 0.2) is 36.5 Å². The number of rotatable bonds is 6. The number of anilines is 3. The molecule has 37 heavy (non-hydrogen) atoms. The van der Waals surface area contributed by atoms with Gasteiger partial charge in [-0.05, 0) is 37.6 Å². The first kappa shape index (κ1) is 26.0. The van der Waals surface area contributed by atoms with E-state index in [1.54, 1.807) is 0 Å². The summed E-state index contributed by atoms with van der Waals surface area (Å²) in [6.07, 6.45) is -3.94. The van der Waals surface area contributed by atoms with E-state index in [0.29, 0.717) is 24.6 Å². The molecule has 0 saturated carbocycles. The van der Waals surface area contributed by atoms with E-state index < -0.39 is 23.8 Å². The summed E-state index contributed by atoms with van der Waals surface area (Å²) in [7, 11) is 1.39. The summed E-state index contributed by atoms with van der Waals surface area (Å²) >= 11 is 0. The minimum atomic E-state index is -4.85. The van der Waals surface area contributed by atoms with Gasteiger partial charge < -0.3 is 25.0 Å². The Kier molecular flexibility index (Phi) is 7.38. The van der Waals surface area contributed by atoms with Crippen molar-refractivity contribution in [1.82, 2.24) is 25.5 Å². The van der Waals surface area contributed by atoms with Crippen LogP contribution in [0.2, 0.25) is 0 Å². The summed E-state index contributed by atoms with van der Waals surface area (Å²) in [5, 5.41) is 13.1. The third kappa shape index (κ3) is 6.39. The highest BCUT2D eigenvalue weighted by Gasteiger charge is 2.31. The zero-order valence-electron chi connectivity index (χ0n) is 20.0. The van der Waals surface area contributed by atoms with Crippen LogP contribution in [0, 0.1) is 5.82 Å². The van der Waals surface area contributed by atoms with E-state index in [0.717, 1.165) is 18.3 Å². The number of halogens is 4. The predicted molar refractivity (Wildman–Crippen MR) is 125 cm³/mol. The molecule has 0 aliphatic carbocycles. The second kappa shape index (κ2) is 10.5. The zero-order valence-corrected chi connectivity index (χ0v) is 20.0. The molecular formula is C23H23F4N7O3. The van der Waals surface area contributed by atoms with Gasteiger partial charge in [-0.2, -0.15) is 4.98 Å². The minimum absolute atomic E-state index is 0.0468. The van der Waals surface area contributed by atoms with Gasteiger partial charge >= 0.3 is 6.36 Å². The Morgan fingerprint density at radius 3 is 2.43 bits per heavy atom. The zero-order chi connectivity index (χ0) is 26.7. The Bertz CT molecular complexity index is 1260. The first-order valence-corrected chi connectivity index (χ1v) is 11.2. The van der Waals surface area contributed by atoms with Gasteiger partial charge in [0.1, 0.15) is 5.75 Å². The maximum Gasteiger partial charge on any atom is 0.573 e. The van der Waals surface area contributed by atoms with Crippen LogP contribution in [0.3, 0.4) is 0 Å². The summed E-state index contributed by atoms with van der Waals surface area (Å²) in [6.45, 7) is 4.87. The number of morpholine rings is 1. The minimum Gasteiger partial charge on any atom is -0.406 e. The highest BCUT2D eigenvalue weighted by molar-refractivity contribution is 5.99. The lowest BCUT2D eigenvalue weighted by Crippen LogP contribution is -2.46. The highest BCUT2D eigenvalue weighted by atomic mass is 19.4. The predicted octanol–water partition coefficient (Wildman–Crippen LogP) is 3.69. The Hall–Kier alpha value is -4.07. The van der Waals surface area contributed by atoms with Gasteiger partial charge in [0.25, 0.3) is 5.91 Å². The van der Waals surface area contributed by atoms with Crippen molar-refractivity contribution in [2.75, 3.05) is 30.4 Å². The average Bonchev–Trinajstić information content (AvgIpc) is 2.84. The van der Waals surface area contributed by atoms with Gasteiger partial charge in [-0.25, -0.2) is 9.37 Å². The fourth-order valence-corrected chi connectivity index (χ4v) is 3.86. The van der Waals surface area contributed by atoms with Crippen LogP contribution < -0.4 is 20.3 Å². The Morgan fingerprint density at radius 2 is 1.81 bits per heavy atom. The molecule has 0 bridgehead atoms. The Balaban J connectivity index is 1.65. The van der Waals surface area contributed by atoms with Gasteiger partial charge in [0.2, 0.25) is 5.95 Å². The first-order chi connectivity index (χ1) is 17.5. The summed E-state index contributed by atoms with van der Waals surface area (Å²) in [5.74, 6) is -1.58. The smallest absolute Gasteiger partial charge is 0.406 e. The molecular weight excluding hydrogens is 498 g/mol. The summed E-state index contributed by atoms with van der Waals surface area (Å²) in [4.78, 5) is 22.6. The molecule has 0 radical (unpaired) electrons. The number of aromatic nitrogens is 4. The van der Waals surface area contributed by atoms with Crippen LogP contribution in [0.5, 0.6) is 5.75 Å². The Morgan fingerprint density at radius 1 is 1.14 bits per heavy atom. The van der Waals surface area contributed by atoms with Crippen molar-refractivity contribution < 1.29 is 31.8 Å². The maximum atomic E-state index is 14.6. The number of carbonyl (C=O) groups is 1. The molecule has 3 aromatic rings. The molecule has 1 aromatic carbocycles. The quantitative estimate of drug-likeness (QED) is 0.469. The molecule has 1 amide bonds. The number of hydrogen-bond acceptors (Lipinski definition) is 9. The van der Waals surface area contributed by atoms with Crippen LogP contribution in [-0.2, 0) is 4.74 Å². The fourth-order valence-electron chi connectivity index (χ4n) is 3.86. The van der Waals surface area contributed by atoms with Crippen molar-refractivity contribution in [1.29, 1.82) is 0 Å². The molecule has 0 unspecified atom stereocenters.